The lowest BCUT2D eigenvalue weighted by molar-refractivity contribution is 0.0954. The first-order valence-corrected chi connectivity index (χ1v) is 9.89. The molecule has 8 heteroatoms. The summed E-state index contributed by atoms with van der Waals surface area (Å²) in [6, 6.07) is 12.6. The summed E-state index contributed by atoms with van der Waals surface area (Å²) in [5.41, 5.74) is 1.37. The third-order valence-electron chi connectivity index (χ3n) is 4.07. The number of carbonyl (C=O) groups is 1. The van der Waals surface area contributed by atoms with Gasteiger partial charge in [-0.15, -0.1) is 0 Å². The Kier molecular flexibility index (Phi) is 9.30. The number of ether oxygens (including phenoxy) is 3. The molecule has 1 amide bonds. The highest BCUT2D eigenvalue weighted by Gasteiger charge is 2.08. The minimum atomic E-state index is -0.168. The Hall–Kier alpha value is -3.42. The van der Waals surface area contributed by atoms with E-state index in [0.717, 1.165) is 5.69 Å². The summed E-state index contributed by atoms with van der Waals surface area (Å²) < 4.78 is 16.1. The van der Waals surface area contributed by atoms with Gasteiger partial charge in [0.15, 0.2) is 17.5 Å². The first-order valence-electron chi connectivity index (χ1n) is 9.89. The first-order chi connectivity index (χ1) is 14.6. The highest BCUT2D eigenvalue weighted by molar-refractivity contribution is 5.95. The number of benzene rings is 2. The highest BCUT2D eigenvalue weighted by Crippen LogP contribution is 2.30. The van der Waals surface area contributed by atoms with Gasteiger partial charge in [-0.05, 0) is 44.2 Å². The van der Waals surface area contributed by atoms with Crippen molar-refractivity contribution in [3.05, 3.63) is 48.0 Å². The van der Waals surface area contributed by atoms with Crippen LogP contribution in [0.2, 0.25) is 0 Å². The van der Waals surface area contributed by atoms with Gasteiger partial charge >= 0.3 is 0 Å². The number of hydrogen-bond donors (Lipinski definition) is 3. The molecule has 0 saturated heterocycles. The minimum Gasteiger partial charge on any atom is -0.497 e. The molecule has 0 unspecified atom stereocenters. The van der Waals surface area contributed by atoms with Crippen molar-refractivity contribution in [2.75, 3.05) is 45.8 Å². The molecule has 0 saturated carbocycles. The van der Waals surface area contributed by atoms with Crippen molar-refractivity contribution in [2.24, 2.45) is 4.99 Å². The van der Waals surface area contributed by atoms with Crippen molar-refractivity contribution in [2.45, 2.75) is 13.8 Å². The van der Waals surface area contributed by atoms with E-state index in [1.807, 2.05) is 32.0 Å². The van der Waals surface area contributed by atoms with Crippen molar-refractivity contribution in [3.8, 4) is 17.2 Å². The molecule has 0 bridgehead atoms. The second-order valence-corrected chi connectivity index (χ2v) is 6.17. The molecule has 2 rings (SSSR count). The molecule has 2 aromatic rings. The average molecular weight is 415 g/mol. The quantitative estimate of drug-likeness (QED) is 0.314. The molecule has 8 nitrogen and oxygen atoms in total. The number of hydrogen-bond acceptors (Lipinski definition) is 5. The predicted molar refractivity (Wildman–Crippen MR) is 119 cm³/mol. The number of carbonyl (C=O) groups excluding carboxylic acids is 1. The zero-order chi connectivity index (χ0) is 21.8. The number of aliphatic imine (C=N–C) groups is 1. The number of amides is 1. The van der Waals surface area contributed by atoms with Gasteiger partial charge in [-0.3, -0.25) is 9.79 Å². The van der Waals surface area contributed by atoms with Crippen LogP contribution < -0.4 is 30.2 Å². The topological polar surface area (TPSA) is 93.2 Å². The molecule has 0 aromatic heterocycles. The van der Waals surface area contributed by atoms with E-state index in [1.54, 1.807) is 38.5 Å². The van der Waals surface area contributed by atoms with Crippen LogP contribution in [0.3, 0.4) is 0 Å². The van der Waals surface area contributed by atoms with Gasteiger partial charge in [0.05, 0.1) is 27.4 Å². The van der Waals surface area contributed by atoms with Crippen molar-refractivity contribution in [1.29, 1.82) is 0 Å². The molecular formula is C22H30N4O4. The second-order valence-electron chi connectivity index (χ2n) is 6.17. The minimum absolute atomic E-state index is 0.168. The summed E-state index contributed by atoms with van der Waals surface area (Å²) in [4.78, 5) is 16.8. The predicted octanol–water partition coefficient (Wildman–Crippen LogP) is 2.91. The van der Waals surface area contributed by atoms with E-state index in [4.69, 9.17) is 14.2 Å². The molecule has 0 aliphatic heterocycles. The van der Waals surface area contributed by atoms with Crippen LogP contribution in [0, 0.1) is 0 Å². The van der Waals surface area contributed by atoms with E-state index in [9.17, 15) is 4.79 Å². The molecule has 3 N–H and O–H groups in total. The zero-order valence-electron chi connectivity index (χ0n) is 18.0. The number of methoxy groups -OCH3 is 2. The van der Waals surface area contributed by atoms with Gasteiger partial charge in [-0.25, -0.2) is 0 Å². The lowest BCUT2D eigenvalue weighted by atomic mass is 10.2. The van der Waals surface area contributed by atoms with Crippen LogP contribution in [0.1, 0.15) is 24.2 Å². The van der Waals surface area contributed by atoms with Gasteiger partial charge in [-0.1, -0.05) is 6.07 Å². The average Bonchev–Trinajstić information content (AvgIpc) is 2.77. The number of guanidine groups is 1. The molecule has 0 aliphatic carbocycles. The molecule has 0 atom stereocenters. The maximum Gasteiger partial charge on any atom is 0.251 e. The van der Waals surface area contributed by atoms with Gasteiger partial charge in [0.1, 0.15) is 5.75 Å². The van der Waals surface area contributed by atoms with Crippen LogP contribution >= 0.6 is 0 Å². The fourth-order valence-electron chi connectivity index (χ4n) is 2.67. The van der Waals surface area contributed by atoms with Crippen LogP contribution in [0.15, 0.2) is 47.5 Å². The summed E-state index contributed by atoms with van der Waals surface area (Å²) >= 11 is 0. The third kappa shape index (κ3) is 6.88. The number of rotatable bonds is 10. The van der Waals surface area contributed by atoms with Gasteiger partial charge < -0.3 is 30.2 Å². The Balaban J connectivity index is 1.95. The lowest BCUT2D eigenvalue weighted by Crippen LogP contribution is -2.32. The monoisotopic (exact) mass is 414 g/mol. The fourth-order valence-corrected chi connectivity index (χ4v) is 2.67. The lowest BCUT2D eigenvalue weighted by Gasteiger charge is -2.14. The second kappa shape index (κ2) is 12.2. The van der Waals surface area contributed by atoms with Crippen LogP contribution in [0.5, 0.6) is 17.2 Å². The molecule has 162 valence electrons. The normalized spacial score (nSPS) is 10.9. The summed E-state index contributed by atoms with van der Waals surface area (Å²) in [7, 11) is 3.18. The maximum absolute atomic E-state index is 12.3. The van der Waals surface area contributed by atoms with Crippen molar-refractivity contribution in [3.63, 3.8) is 0 Å². The van der Waals surface area contributed by atoms with E-state index in [2.05, 4.69) is 20.9 Å². The van der Waals surface area contributed by atoms with E-state index < -0.39 is 0 Å². The first kappa shape index (κ1) is 22.9. The van der Waals surface area contributed by atoms with E-state index in [1.165, 1.54) is 0 Å². The molecule has 0 fully saturated rings. The largest absolute Gasteiger partial charge is 0.497 e. The molecule has 0 spiro atoms. The van der Waals surface area contributed by atoms with Crippen molar-refractivity contribution < 1.29 is 19.0 Å². The van der Waals surface area contributed by atoms with Gasteiger partial charge in [0.25, 0.3) is 5.91 Å². The molecule has 2 aromatic carbocycles. The van der Waals surface area contributed by atoms with E-state index in [0.29, 0.717) is 55.0 Å². The summed E-state index contributed by atoms with van der Waals surface area (Å²) in [5, 5.41) is 9.28. The summed E-state index contributed by atoms with van der Waals surface area (Å²) in [5.74, 6) is 2.42. The molecule has 0 radical (unpaired) electrons. The zero-order valence-corrected chi connectivity index (χ0v) is 18.0. The number of nitrogens with one attached hydrogen (secondary N) is 3. The Morgan fingerprint density at radius 1 is 1.00 bits per heavy atom. The van der Waals surface area contributed by atoms with Crippen LogP contribution in [0.4, 0.5) is 5.69 Å². The smallest absolute Gasteiger partial charge is 0.251 e. The van der Waals surface area contributed by atoms with Gasteiger partial charge in [0.2, 0.25) is 0 Å². The summed E-state index contributed by atoms with van der Waals surface area (Å²) in [6.45, 7) is 5.97. The third-order valence-corrected chi connectivity index (χ3v) is 4.07. The van der Waals surface area contributed by atoms with Crippen molar-refractivity contribution >= 4 is 17.6 Å². The Labute approximate surface area is 177 Å². The Bertz CT molecular complexity index is 855. The van der Waals surface area contributed by atoms with Crippen LogP contribution in [0.25, 0.3) is 0 Å². The van der Waals surface area contributed by atoms with Gasteiger partial charge in [-0.2, -0.15) is 0 Å². The van der Waals surface area contributed by atoms with Crippen molar-refractivity contribution in [1.82, 2.24) is 10.6 Å². The van der Waals surface area contributed by atoms with E-state index in [-0.39, 0.29) is 5.91 Å². The Morgan fingerprint density at radius 2 is 1.83 bits per heavy atom. The van der Waals surface area contributed by atoms with Crippen LogP contribution in [-0.4, -0.2) is 52.3 Å². The van der Waals surface area contributed by atoms with Gasteiger partial charge in [0, 0.05) is 30.4 Å². The number of nitrogens with zero attached hydrogens (tertiary/aromatic N) is 1. The molecule has 0 aliphatic rings. The standard InChI is InChI=1S/C22H30N4O4/c1-5-23-22(26-17-10-11-19(29-4)20(15-17)30-6-2)25-13-12-24-21(27)16-8-7-9-18(14-16)28-3/h7-11,14-15H,5-6,12-13H2,1-4H3,(H,24,27)(H2,23,25,26). The summed E-state index contributed by atoms with van der Waals surface area (Å²) in [6.07, 6.45) is 0. The number of anilines is 1. The highest BCUT2D eigenvalue weighted by atomic mass is 16.5. The van der Waals surface area contributed by atoms with Crippen LogP contribution in [-0.2, 0) is 0 Å². The maximum atomic E-state index is 12.3. The SMILES string of the molecule is CCNC(=NCCNC(=O)c1cccc(OC)c1)Nc1ccc(OC)c(OCC)c1. The fraction of sp³-hybridized carbons (Fsp3) is 0.364. The Morgan fingerprint density at radius 3 is 2.53 bits per heavy atom. The van der Waals surface area contributed by atoms with E-state index >= 15 is 0 Å². The molecule has 0 heterocycles. The molecule has 30 heavy (non-hydrogen) atoms. The molecular weight excluding hydrogens is 384 g/mol.